The number of benzene rings is 1. The summed E-state index contributed by atoms with van der Waals surface area (Å²) >= 11 is 5.69. The minimum Gasteiger partial charge on any atom is -0.311 e. The van der Waals surface area contributed by atoms with Gasteiger partial charge >= 0.3 is 0 Å². The first kappa shape index (κ1) is 14.0. The summed E-state index contributed by atoms with van der Waals surface area (Å²) in [7, 11) is 0. The average molecular weight is 254 g/mol. The molecule has 2 nitrogen and oxygen atoms in total. The third-order valence-corrected chi connectivity index (χ3v) is 3.09. The van der Waals surface area contributed by atoms with Gasteiger partial charge < -0.3 is 4.90 Å². The van der Waals surface area contributed by atoms with Crippen LogP contribution in [0.5, 0.6) is 0 Å². The molecule has 0 aliphatic heterocycles. The Balaban J connectivity index is 3.07. The number of hydrogen-bond donors (Lipinski definition) is 0. The Bertz CT molecular complexity index is 370. The van der Waals surface area contributed by atoms with Crippen LogP contribution in [0.15, 0.2) is 18.2 Å². The van der Waals surface area contributed by atoms with Crippen molar-refractivity contribution >= 4 is 23.2 Å². The van der Waals surface area contributed by atoms with Gasteiger partial charge in [0.15, 0.2) is 0 Å². The van der Waals surface area contributed by atoms with Gasteiger partial charge in [0.2, 0.25) is 5.91 Å². The third-order valence-electron chi connectivity index (χ3n) is 2.86. The predicted octanol–water partition coefficient (Wildman–Crippen LogP) is 3.68. The molecule has 0 N–H and O–H groups in total. The number of anilines is 1. The van der Waals surface area contributed by atoms with Gasteiger partial charge in [0.05, 0.1) is 0 Å². The van der Waals surface area contributed by atoms with Gasteiger partial charge in [-0.3, -0.25) is 4.79 Å². The molecule has 1 amide bonds. The fraction of sp³-hybridized carbons (Fsp3) is 0.500. The van der Waals surface area contributed by atoms with Crippen molar-refractivity contribution in [1.29, 1.82) is 0 Å². The van der Waals surface area contributed by atoms with Crippen LogP contribution in [-0.4, -0.2) is 18.3 Å². The summed E-state index contributed by atoms with van der Waals surface area (Å²) in [6, 6.07) is 6.07. The molecule has 3 heteroatoms. The van der Waals surface area contributed by atoms with Crippen LogP contribution in [0.3, 0.4) is 0 Å². The van der Waals surface area contributed by atoms with Crippen molar-refractivity contribution in [3.05, 3.63) is 29.3 Å². The van der Waals surface area contributed by atoms with Crippen LogP contribution >= 0.6 is 11.6 Å². The van der Waals surface area contributed by atoms with Crippen molar-refractivity contribution in [2.45, 2.75) is 33.6 Å². The Morgan fingerprint density at radius 2 is 1.88 bits per heavy atom. The number of amides is 1. The van der Waals surface area contributed by atoms with Crippen molar-refractivity contribution in [3.63, 3.8) is 0 Å². The van der Waals surface area contributed by atoms with Gasteiger partial charge in [-0.1, -0.05) is 31.5 Å². The number of hydrogen-bond acceptors (Lipinski definition) is 1. The summed E-state index contributed by atoms with van der Waals surface area (Å²) in [4.78, 5) is 13.7. The molecule has 0 aliphatic rings. The molecule has 0 radical (unpaired) electrons. The van der Waals surface area contributed by atoms with Crippen molar-refractivity contribution in [2.24, 2.45) is 0 Å². The van der Waals surface area contributed by atoms with Crippen LogP contribution < -0.4 is 4.90 Å². The van der Waals surface area contributed by atoms with Crippen LogP contribution in [-0.2, 0) is 4.79 Å². The van der Waals surface area contributed by atoms with E-state index in [-0.39, 0.29) is 11.8 Å². The van der Waals surface area contributed by atoms with E-state index in [2.05, 4.69) is 6.92 Å². The number of aryl methyl sites for hydroxylation is 2. The predicted molar refractivity (Wildman–Crippen MR) is 73.9 cm³/mol. The highest BCUT2D eigenvalue weighted by Gasteiger charge is 2.17. The fourth-order valence-electron chi connectivity index (χ4n) is 1.98. The molecule has 94 valence electrons. The highest BCUT2D eigenvalue weighted by atomic mass is 35.5. The van der Waals surface area contributed by atoms with Gasteiger partial charge in [-0.05, 0) is 31.4 Å². The molecule has 0 saturated carbocycles. The van der Waals surface area contributed by atoms with Crippen LogP contribution in [0.4, 0.5) is 5.69 Å². The highest BCUT2D eigenvalue weighted by molar-refractivity contribution is 6.29. The molecular formula is C14H20ClNO. The standard InChI is InChI=1S/C14H20ClNO/c1-4-5-9-16(13(17)10-15)14-11(2)7-6-8-12(14)3/h6-8H,4-5,9-10H2,1-3H3. The average Bonchev–Trinajstić information content (AvgIpc) is 2.32. The second-order valence-electron chi connectivity index (χ2n) is 4.27. The van der Waals surface area contributed by atoms with Gasteiger partial charge in [-0.15, -0.1) is 11.6 Å². The number of alkyl halides is 1. The van der Waals surface area contributed by atoms with E-state index >= 15 is 0 Å². The first-order chi connectivity index (χ1) is 8.11. The third kappa shape index (κ3) is 3.47. The Morgan fingerprint density at radius 1 is 1.29 bits per heavy atom. The zero-order valence-corrected chi connectivity index (χ0v) is 11.5. The Labute approximate surface area is 109 Å². The van der Waals surface area contributed by atoms with E-state index in [1.165, 1.54) is 0 Å². The van der Waals surface area contributed by atoms with Crippen LogP contribution in [0.2, 0.25) is 0 Å². The van der Waals surface area contributed by atoms with E-state index in [4.69, 9.17) is 11.6 Å². The number of nitrogens with zero attached hydrogens (tertiary/aromatic N) is 1. The van der Waals surface area contributed by atoms with Gasteiger partial charge in [0.1, 0.15) is 5.88 Å². The first-order valence-electron chi connectivity index (χ1n) is 6.04. The number of halogens is 1. The molecular weight excluding hydrogens is 234 g/mol. The molecule has 1 rings (SSSR count). The smallest absolute Gasteiger partial charge is 0.241 e. The molecule has 0 heterocycles. The first-order valence-corrected chi connectivity index (χ1v) is 6.57. The second kappa shape index (κ2) is 6.65. The van der Waals surface area contributed by atoms with E-state index in [9.17, 15) is 4.79 Å². The SMILES string of the molecule is CCCCN(C(=O)CCl)c1c(C)cccc1C. The van der Waals surface area contributed by atoms with Crippen LogP contribution in [0, 0.1) is 13.8 Å². The lowest BCUT2D eigenvalue weighted by molar-refractivity contribution is -0.116. The maximum atomic E-state index is 11.9. The Kier molecular flexibility index (Phi) is 5.49. The maximum Gasteiger partial charge on any atom is 0.241 e. The van der Waals surface area contributed by atoms with Crippen molar-refractivity contribution < 1.29 is 4.79 Å². The Hall–Kier alpha value is -1.02. The van der Waals surface area contributed by atoms with Crippen LogP contribution in [0.25, 0.3) is 0 Å². The van der Waals surface area contributed by atoms with Gasteiger partial charge in [-0.25, -0.2) is 0 Å². The summed E-state index contributed by atoms with van der Waals surface area (Å²) < 4.78 is 0. The van der Waals surface area contributed by atoms with E-state index in [1.807, 2.05) is 36.9 Å². The summed E-state index contributed by atoms with van der Waals surface area (Å²) in [5.74, 6) is 0.0230. The maximum absolute atomic E-state index is 11.9. The van der Waals surface area contributed by atoms with E-state index in [1.54, 1.807) is 0 Å². The number of unbranched alkanes of at least 4 members (excludes halogenated alkanes) is 1. The fourth-order valence-corrected chi connectivity index (χ4v) is 2.13. The topological polar surface area (TPSA) is 20.3 Å². The molecule has 0 saturated heterocycles. The van der Waals surface area contributed by atoms with Gasteiger partial charge in [0, 0.05) is 12.2 Å². The van der Waals surface area contributed by atoms with E-state index < -0.39 is 0 Å². The summed E-state index contributed by atoms with van der Waals surface area (Å²) in [5.41, 5.74) is 3.27. The quantitative estimate of drug-likeness (QED) is 0.733. The normalized spacial score (nSPS) is 10.4. The molecule has 0 aliphatic carbocycles. The highest BCUT2D eigenvalue weighted by Crippen LogP contribution is 2.25. The minimum atomic E-state index is -0.0162. The van der Waals surface area contributed by atoms with E-state index in [0.717, 1.165) is 36.2 Å². The number of carbonyl (C=O) groups is 1. The Morgan fingerprint density at radius 3 is 2.35 bits per heavy atom. The molecule has 1 aromatic carbocycles. The van der Waals surface area contributed by atoms with Gasteiger partial charge in [0.25, 0.3) is 0 Å². The molecule has 0 aromatic heterocycles. The number of carbonyl (C=O) groups excluding carboxylic acids is 1. The minimum absolute atomic E-state index is 0.0162. The lowest BCUT2D eigenvalue weighted by Gasteiger charge is -2.25. The zero-order valence-electron chi connectivity index (χ0n) is 10.8. The van der Waals surface area contributed by atoms with Crippen molar-refractivity contribution in [2.75, 3.05) is 17.3 Å². The lowest BCUT2D eigenvalue weighted by Crippen LogP contribution is -2.34. The molecule has 0 spiro atoms. The van der Waals surface area contributed by atoms with Crippen LogP contribution in [0.1, 0.15) is 30.9 Å². The summed E-state index contributed by atoms with van der Waals surface area (Å²) in [5, 5.41) is 0. The molecule has 1 aromatic rings. The molecule has 0 unspecified atom stereocenters. The second-order valence-corrected chi connectivity index (χ2v) is 4.54. The van der Waals surface area contributed by atoms with Crippen molar-refractivity contribution in [1.82, 2.24) is 0 Å². The van der Waals surface area contributed by atoms with Crippen molar-refractivity contribution in [3.8, 4) is 0 Å². The molecule has 0 atom stereocenters. The monoisotopic (exact) mass is 253 g/mol. The summed E-state index contributed by atoms with van der Waals surface area (Å²) in [6.07, 6.45) is 2.06. The molecule has 0 bridgehead atoms. The van der Waals surface area contributed by atoms with E-state index in [0.29, 0.717) is 0 Å². The zero-order chi connectivity index (χ0) is 12.8. The molecule has 17 heavy (non-hydrogen) atoms. The largest absolute Gasteiger partial charge is 0.311 e. The summed E-state index contributed by atoms with van der Waals surface area (Å²) in [6.45, 7) is 6.92. The number of rotatable bonds is 5. The van der Waals surface area contributed by atoms with Gasteiger partial charge in [-0.2, -0.15) is 0 Å². The number of para-hydroxylation sites is 1. The lowest BCUT2D eigenvalue weighted by atomic mass is 10.1. The molecule has 0 fully saturated rings.